The Hall–Kier alpha value is -1.32. The number of likely N-dealkylation sites (N-methyl/N-ethyl adjacent to an activating group) is 1. The third-order valence-electron chi connectivity index (χ3n) is 3.29. The van der Waals surface area contributed by atoms with E-state index in [2.05, 4.69) is 9.55 Å². The van der Waals surface area contributed by atoms with Crippen LogP contribution in [-0.2, 0) is 17.9 Å². The number of nitrogens with zero attached hydrogens (tertiary/aromatic N) is 3. The summed E-state index contributed by atoms with van der Waals surface area (Å²) in [5, 5.41) is 0. The molecule has 1 aliphatic carbocycles. The molecule has 1 fully saturated rings. The van der Waals surface area contributed by atoms with Crippen molar-refractivity contribution in [1.82, 2.24) is 14.5 Å². The number of fused-ring (bicyclic) bond motifs is 1. The van der Waals surface area contributed by atoms with Gasteiger partial charge in [0.05, 0.1) is 18.4 Å². The zero-order chi connectivity index (χ0) is 10.4. The maximum absolute atomic E-state index is 11.8. The summed E-state index contributed by atoms with van der Waals surface area (Å²) < 4.78 is 2.12. The fourth-order valence-corrected chi connectivity index (χ4v) is 2.21. The molecule has 0 saturated heterocycles. The van der Waals surface area contributed by atoms with Gasteiger partial charge in [-0.2, -0.15) is 0 Å². The van der Waals surface area contributed by atoms with E-state index in [1.165, 1.54) is 18.5 Å². The number of aromatic nitrogens is 2. The summed E-state index contributed by atoms with van der Waals surface area (Å²) >= 11 is 0. The average molecular weight is 205 g/mol. The Kier molecular flexibility index (Phi) is 1.84. The second-order valence-corrected chi connectivity index (χ2v) is 4.38. The van der Waals surface area contributed by atoms with Gasteiger partial charge in [-0.05, 0) is 19.8 Å². The van der Waals surface area contributed by atoms with Crippen LogP contribution in [-0.4, -0.2) is 26.9 Å². The van der Waals surface area contributed by atoms with Crippen molar-refractivity contribution in [3.8, 4) is 0 Å². The van der Waals surface area contributed by atoms with Crippen molar-refractivity contribution in [2.75, 3.05) is 6.54 Å². The summed E-state index contributed by atoms with van der Waals surface area (Å²) in [5.74, 6) is 1.98. The molecule has 1 aliphatic heterocycles. The third-order valence-corrected chi connectivity index (χ3v) is 3.29. The standard InChI is InChI=1S/C11H15N3O/c1-2-13-6-9-5-12-11(8-3-4-8)14(9)7-10(13)15/h5,8H,2-4,6-7H2,1H3. The predicted octanol–water partition coefficient (Wildman–Crippen LogP) is 1.12. The van der Waals surface area contributed by atoms with Gasteiger partial charge in [0, 0.05) is 12.5 Å². The number of rotatable bonds is 2. The van der Waals surface area contributed by atoms with Crippen LogP contribution in [0.3, 0.4) is 0 Å². The van der Waals surface area contributed by atoms with Crippen molar-refractivity contribution in [2.45, 2.75) is 38.8 Å². The van der Waals surface area contributed by atoms with Gasteiger partial charge in [0.25, 0.3) is 0 Å². The number of hydrogen-bond acceptors (Lipinski definition) is 2. The van der Waals surface area contributed by atoms with Crippen molar-refractivity contribution >= 4 is 5.91 Å². The van der Waals surface area contributed by atoms with Crippen LogP contribution in [0.5, 0.6) is 0 Å². The Morgan fingerprint density at radius 1 is 1.47 bits per heavy atom. The van der Waals surface area contributed by atoms with E-state index in [1.807, 2.05) is 18.0 Å². The smallest absolute Gasteiger partial charge is 0.242 e. The van der Waals surface area contributed by atoms with Crippen molar-refractivity contribution in [2.24, 2.45) is 0 Å². The molecular weight excluding hydrogens is 190 g/mol. The number of imidazole rings is 1. The first-order valence-corrected chi connectivity index (χ1v) is 5.61. The van der Waals surface area contributed by atoms with Crippen LogP contribution in [0.15, 0.2) is 6.20 Å². The van der Waals surface area contributed by atoms with Gasteiger partial charge < -0.3 is 9.47 Å². The molecular formula is C11H15N3O. The van der Waals surface area contributed by atoms with E-state index in [9.17, 15) is 4.79 Å². The van der Waals surface area contributed by atoms with Crippen LogP contribution >= 0.6 is 0 Å². The fraction of sp³-hybridized carbons (Fsp3) is 0.636. The van der Waals surface area contributed by atoms with E-state index >= 15 is 0 Å². The van der Waals surface area contributed by atoms with Crippen LogP contribution in [0.1, 0.15) is 37.2 Å². The lowest BCUT2D eigenvalue weighted by Crippen LogP contribution is -2.39. The SMILES string of the molecule is CCN1Cc2cnc(C3CC3)n2CC1=O. The fourth-order valence-electron chi connectivity index (χ4n) is 2.21. The van der Waals surface area contributed by atoms with Crippen LogP contribution in [0.2, 0.25) is 0 Å². The van der Waals surface area contributed by atoms with Gasteiger partial charge in [-0.15, -0.1) is 0 Å². The zero-order valence-electron chi connectivity index (χ0n) is 8.94. The third kappa shape index (κ3) is 1.35. The molecule has 80 valence electrons. The normalized spacial score (nSPS) is 20.6. The Balaban J connectivity index is 1.95. The molecule has 1 aromatic heterocycles. The first-order valence-electron chi connectivity index (χ1n) is 5.61. The van der Waals surface area contributed by atoms with E-state index in [1.54, 1.807) is 0 Å². The molecule has 0 bridgehead atoms. The van der Waals surface area contributed by atoms with Crippen LogP contribution in [0, 0.1) is 0 Å². The molecule has 1 amide bonds. The number of carbonyl (C=O) groups is 1. The molecule has 0 atom stereocenters. The Morgan fingerprint density at radius 3 is 2.93 bits per heavy atom. The first kappa shape index (κ1) is 8.95. The molecule has 0 radical (unpaired) electrons. The minimum Gasteiger partial charge on any atom is -0.336 e. The molecule has 2 aliphatic rings. The molecule has 4 nitrogen and oxygen atoms in total. The maximum Gasteiger partial charge on any atom is 0.242 e. The second-order valence-electron chi connectivity index (χ2n) is 4.38. The maximum atomic E-state index is 11.8. The van der Waals surface area contributed by atoms with Gasteiger partial charge in [-0.3, -0.25) is 4.79 Å². The lowest BCUT2D eigenvalue weighted by Gasteiger charge is -2.27. The zero-order valence-corrected chi connectivity index (χ0v) is 8.94. The Bertz CT molecular complexity index is 406. The minimum absolute atomic E-state index is 0.227. The summed E-state index contributed by atoms with van der Waals surface area (Å²) in [6.07, 6.45) is 4.41. The van der Waals surface area contributed by atoms with E-state index in [0.29, 0.717) is 12.5 Å². The molecule has 0 aromatic carbocycles. The average Bonchev–Trinajstić information content (AvgIpc) is 2.99. The van der Waals surface area contributed by atoms with Gasteiger partial charge in [0.15, 0.2) is 0 Å². The van der Waals surface area contributed by atoms with Crippen molar-refractivity contribution in [3.05, 3.63) is 17.7 Å². The molecule has 1 saturated carbocycles. The predicted molar refractivity (Wildman–Crippen MR) is 55.3 cm³/mol. The summed E-state index contributed by atoms with van der Waals surface area (Å²) in [6.45, 7) is 4.04. The number of hydrogen-bond donors (Lipinski definition) is 0. The van der Waals surface area contributed by atoms with Crippen LogP contribution < -0.4 is 0 Å². The van der Waals surface area contributed by atoms with Crippen molar-refractivity contribution in [3.63, 3.8) is 0 Å². The van der Waals surface area contributed by atoms with Gasteiger partial charge in [-0.1, -0.05) is 0 Å². The van der Waals surface area contributed by atoms with E-state index in [4.69, 9.17) is 0 Å². The van der Waals surface area contributed by atoms with Gasteiger partial charge in [0.1, 0.15) is 12.4 Å². The molecule has 3 rings (SSSR count). The van der Waals surface area contributed by atoms with Crippen LogP contribution in [0.25, 0.3) is 0 Å². The monoisotopic (exact) mass is 205 g/mol. The highest BCUT2D eigenvalue weighted by Crippen LogP contribution is 2.40. The molecule has 0 N–H and O–H groups in total. The van der Waals surface area contributed by atoms with E-state index in [-0.39, 0.29) is 5.91 Å². The largest absolute Gasteiger partial charge is 0.336 e. The number of amides is 1. The second kappa shape index (κ2) is 3.08. The Morgan fingerprint density at radius 2 is 2.27 bits per heavy atom. The summed E-state index contributed by atoms with van der Waals surface area (Å²) in [7, 11) is 0. The molecule has 1 aromatic rings. The highest BCUT2D eigenvalue weighted by molar-refractivity contribution is 5.77. The molecule has 0 unspecified atom stereocenters. The summed E-state index contributed by atoms with van der Waals surface area (Å²) in [4.78, 5) is 18.1. The number of carbonyl (C=O) groups excluding carboxylic acids is 1. The quantitative estimate of drug-likeness (QED) is 0.725. The molecule has 0 spiro atoms. The Labute approximate surface area is 88.9 Å². The van der Waals surface area contributed by atoms with Crippen molar-refractivity contribution < 1.29 is 4.79 Å². The van der Waals surface area contributed by atoms with Gasteiger partial charge in [-0.25, -0.2) is 4.98 Å². The lowest BCUT2D eigenvalue weighted by molar-refractivity contribution is -0.133. The molecule has 2 heterocycles. The van der Waals surface area contributed by atoms with Gasteiger partial charge >= 0.3 is 0 Å². The molecule has 15 heavy (non-hydrogen) atoms. The van der Waals surface area contributed by atoms with E-state index in [0.717, 1.165) is 18.9 Å². The summed E-state index contributed by atoms with van der Waals surface area (Å²) in [5.41, 5.74) is 1.19. The lowest BCUT2D eigenvalue weighted by atomic mass is 10.3. The van der Waals surface area contributed by atoms with Crippen molar-refractivity contribution in [1.29, 1.82) is 0 Å². The molecule has 4 heteroatoms. The van der Waals surface area contributed by atoms with E-state index < -0.39 is 0 Å². The topological polar surface area (TPSA) is 38.1 Å². The first-order chi connectivity index (χ1) is 7.29. The minimum atomic E-state index is 0.227. The highest BCUT2D eigenvalue weighted by atomic mass is 16.2. The summed E-state index contributed by atoms with van der Waals surface area (Å²) in [6, 6.07) is 0. The van der Waals surface area contributed by atoms with Gasteiger partial charge in [0.2, 0.25) is 5.91 Å². The highest BCUT2D eigenvalue weighted by Gasteiger charge is 2.32. The van der Waals surface area contributed by atoms with Crippen LogP contribution in [0.4, 0.5) is 0 Å².